The maximum absolute atomic E-state index is 2.45. The van der Waals surface area contributed by atoms with Crippen molar-refractivity contribution in [2.45, 2.75) is 33.1 Å². The first-order chi connectivity index (χ1) is 33.5. The van der Waals surface area contributed by atoms with Gasteiger partial charge in [-0.1, -0.05) is 155 Å². The molecular formula is C65H51N3. The third-order valence-corrected chi connectivity index (χ3v) is 14.1. The highest BCUT2D eigenvalue weighted by molar-refractivity contribution is 6.13. The van der Waals surface area contributed by atoms with E-state index < -0.39 is 0 Å². The van der Waals surface area contributed by atoms with Crippen LogP contribution in [0.15, 0.2) is 237 Å². The molecule has 326 valence electrons. The molecule has 3 heteroatoms. The number of hydrogen-bond donors (Lipinski definition) is 0. The Balaban J connectivity index is 0.00000237. The summed E-state index contributed by atoms with van der Waals surface area (Å²) in [6.45, 7) is 8.77. The Morgan fingerprint density at radius 3 is 1.18 bits per heavy atom. The van der Waals surface area contributed by atoms with Gasteiger partial charge in [0.05, 0.1) is 22.1 Å². The second-order valence-electron chi connectivity index (χ2n) is 18.2. The lowest BCUT2D eigenvalue weighted by atomic mass is 9.81. The molecular weight excluding hydrogens is 823 g/mol. The number of rotatable bonds is 7. The molecule has 10 aromatic carbocycles. The number of para-hydroxylation sites is 5. The highest BCUT2D eigenvalue weighted by atomic mass is 15.1. The third kappa shape index (κ3) is 6.57. The lowest BCUT2D eigenvalue weighted by Gasteiger charge is -2.28. The van der Waals surface area contributed by atoms with Crippen LogP contribution in [0.3, 0.4) is 0 Å². The van der Waals surface area contributed by atoms with Crippen molar-refractivity contribution in [3.05, 3.63) is 248 Å². The molecule has 0 spiro atoms. The summed E-state index contributed by atoms with van der Waals surface area (Å²) in [5.74, 6) is 0. The van der Waals surface area contributed by atoms with Gasteiger partial charge in [0, 0.05) is 55.4 Å². The zero-order chi connectivity index (χ0) is 45.9. The standard InChI is InChI=1S/C63H45N3.C2H6/c1-63(2)57-40-45(27-32-51(57)52-33-31-50(41-58(52)63)64(46-17-7-3-8-18-46)47-19-9-4-10-20-47)44-30-36-62-56(39-44)55-38-43(29-35-61(55)66(62)49-23-13-6-14-24-49)42-28-34-60-54(37-42)53-25-15-16-26-59(53)65(60)48-21-11-5-12-22-48;1-2/h3-41H,1-2H3;1-2H3. The molecule has 68 heavy (non-hydrogen) atoms. The molecule has 2 aromatic heterocycles. The summed E-state index contributed by atoms with van der Waals surface area (Å²) >= 11 is 0. The van der Waals surface area contributed by atoms with Crippen molar-refractivity contribution in [3.63, 3.8) is 0 Å². The molecule has 13 rings (SSSR count). The Bertz CT molecular complexity index is 3780. The average Bonchev–Trinajstić information content (AvgIpc) is 3.99. The van der Waals surface area contributed by atoms with E-state index >= 15 is 0 Å². The Kier molecular flexibility index (Phi) is 9.95. The van der Waals surface area contributed by atoms with E-state index in [1.54, 1.807) is 0 Å². The van der Waals surface area contributed by atoms with Crippen molar-refractivity contribution in [1.29, 1.82) is 0 Å². The number of anilines is 3. The van der Waals surface area contributed by atoms with Crippen LogP contribution in [-0.2, 0) is 5.41 Å². The zero-order valence-electron chi connectivity index (χ0n) is 38.9. The monoisotopic (exact) mass is 873 g/mol. The van der Waals surface area contributed by atoms with E-state index in [0.717, 1.165) is 22.7 Å². The number of aromatic nitrogens is 2. The summed E-state index contributed by atoms with van der Waals surface area (Å²) < 4.78 is 4.80. The molecule has 0 saturated heterocycles. The van der Waals surface area contributed by atoms with Crippen LogP contribution in [0.5, 0.6) is 0 Å². The molecule has 12 aromatic rings. The van der Waals surface area contributed by atoms with Gasteiger partial charge < -0.3 is 14.0 Å². The normalized spacial score (nSPS) is 12.5. The van der Waals surface area contributed by atoms with E-state index in [1.165, 1.54) is 93.8 Å². The van der Waals surface area contributed by atoms with Crippen molar-refractivity contribution < 1.29 is 0 Å². The molecule has 1 aliphatic carbocycles. The van der Waals surface area contributed by atoms with Gasteiger partial charge in [-0.2, -0.15) is 0 Å². The summed E-state index contributed by atoms with van der Waals surface area (Å²) in [6.07, 6.45) is 0. The maximum atomic E-state index is 2.45. The Labute approximate surface area is 398 Å². The van der Waals surface area contributed by atoms with Gasteiger partial charge in [0.1, 0.15) is 0 Å². The lowest BCUT2D eigenvalue weighted by Crippen LogP contribution is -2.16. The molecule has 3 nitrogen and oxygen atoms in total. The quantitative estimate of drug-likeness (QED) is 0.155. The molecule has 0 atom stereocenters. The van der Waals surface area contributed by atoms with Gasteiger partial charge in [0.15, 0.2) is 0 Å². The first kappa shape index (κ1) is 41.1. The number of benzene rings is 10. The third-order valence-electron chi connectivity index (χ3n) is 14.1. The van der Waals surface area contributed by atoms with Gasteiger partial charge in [-0.15, -0.1) is 0 Å². The van der Waals surface area contributed by atoms with Gasteiger partial charge in [0.2, 0.25) is 0 Å². The minimum absolute atomic E-state index is 0.202. The molecule has 0 radical (unpaired) electrons. The number of hydrogen-bond acceptors (Lipinski definition) is 1. The van der Waals surface area contributed by atoms with Crippen LogP contribution in [0.1, 0.15) is 38.8 Å². The van der Waals surface area contributed by atoms with Gasteiger partial charge >= 0.3 is 0 Å². The zero-order valence-corrected chi connectivity index (χ0v) is 38.9. The predicted molar refractivity (Wildman–Crippen MR) is 290 cm³/mol. The smallest absolute Gasteiger partial charge is 0.0541 e. The summed E-state index contributed by atoms with van der Waals surface area (Å²) in [6, 6.07) is 86.8. The van der Waals surface area contributed by atoms with Crippen LogP contribution in [0.2, 0.25) is 0 Å². The average molecular weight is 874 g/mol. The van der Waals surface area contributed by atoms with Crippen LogP contribution in [-0.4, -0.2) is 9.13 Å². The fraction of sp³-hybridized carbons (Fsp3) is 0.0769. The first-order valence-electron chi connectivity index (χ1n) is 23.9. The number of nitrogens with zero attached hydrogens (tertiary/aromatic N) is 3. The van der Waals surface area contributed by atoms with E-state index in [4.69, 9.17) is 0 Å². The highest BCUT2D eigenvalue weighted by Gasteiger charge is 2.36. The van der Waals surface area contributed by atoms with E-state index in [2.05, 4.69) is 264 Å². The van der Waals surface area contributed by atoms with Crippen LogP contribution < -0.4 is 4.90 Å². The Hall–Kier alpha value is -8.40. The van der Waals surface area contributed by atoms with Crippen LogP contribution >= 0.6 is 0 Å². The SMILES string of the molecule is CC.CC1(C)c2cc(-c3ccc4c(c3)c3cc(-c5ccc6c(c5)c5ccccc5n6-c5ccccc5)ccc3n4-c3ccccc3)ccc2-c2ccc(N(c3ccccc3)c3ccccc3)cc21. The van der Waals surface area contributed by atoms with Crippen LogP contribution in [0, 0.1) is 0 Å². The largest absolute Gasteiger partial charge is 0.310 e. The molecule has 0 unspecified atom stereocenters. The van der Waals surface area contributed by atoms with Crippen LogP contribution in [0.25, 0.3) is 88.4 Å². The fourth-order valence-electron chi connectivity index (χ4n) is 10.9. The second kappa shape index (κ2) is 16.5. The molecule has 0 fully saturated rings. The van der Waals surface area contributed by atoms with Crippen molar-refractivity contribution in [2.75, 3.05) is 4.90 Å². The minimum atomic E-state index is -0.202. The van der Waals surface area contributed by atoms with Crippen molar-refractivity contribution in [1.82, 2.24) is 9.13 Å². The van der Waals surface area contributed by atoms with E-state index in [0.29, 0.717) is 0 Å². The molecule has 0 amide bonds. The van der Waals surface area contributed by atoms with Crippen LogP contribution in [0.4, 0.5) is 17.1 Å². The topological polar surface area (TPSA) is 13.1 Å². The van der Waals surface area contributed by atoms with Gasteiger partial charge in [-0.3, -0.25) is 0 Å². The van der Waals surface area contributed by atoms with E-state index in [-0.39, 0.29) is 5.41 Å². The summed E-state index contributed by atoms with van der Waals surface area (Å²) in [7, 11) is 0. The minimum Gasteiger partial charge on any atom is -0.310 e. The van der Waals surface area contributed by atoms with Gasteiger partial charge in [0.25, 0.3) is 0 Å². The summed E-state index contributed by atoms with van der Waals surface area (Å²) in [5.41, 5.74) is 20.5. The summed E-state index contributed by atoms with van der Waals surface area (Å²) in [5, 5.41) is 4.99. The second-order valence-corrected chi connectivity index (χ2v) is 18.2. The van der Waals surface area contributed by atoms with Crippen molar-refractivity contribution >= 4 is 60.7 Å². The molecule has 2 heterocycles. The van der Waals surface area contributed by atoms with E-state index in [9.17, 15) is 0 Å². The van der Waals surface area contributed by atoms with Gasteiger partial charge in [-0.05, 0) is 154 Å². The highest BCUT2D eigenvalue weighted by Crippen LogP contribution is 2.52. The predicted octanol–water partition coefficient (Wildman–Crippen LogP) is 18.0. The van der Waals surface area contributed by atoms with Crippen molar-refractivity contribution in [2.24, 2.45) is 0 Å². The molecule has 0 saturated carbocycles. The van der Waals surface area contributed by atoms with Gasteiger partial charge in [-0.25, -0.2) is 0 Å². The Morgan fingerprint density at radius 1 is 0.309 bits per heavy atom. The van der Waals surface area contributed by atoms with E-state index in [1.807, 2.05) is 13.8 Å². The lowest BCUT2D eigenvalue weighted by molar-refractivity contribution is 0.660. The number of fused-ring (bicyclic) bond motifs is 9. The first-order valence-corrected chi connectivity index (χ1v) is 23.9. The molecule has 0 aliphatic heterocycles. The summed E-state index contributed by atoms with van der Waals surface area (Å²) in [4.78, 5) is 2.36. The molecule has 0 N–H and O–H groups in total. The van der Waals surface area contributed by atoms with Crippen molar-refractivity contribution in [3.8, 4) is 44.8 Å². The fourth-order valence-corrected chi connectivity index (χ4v) is 10.9. The molecule has 1 aliphatic rings. The maximum Gasteiger partial charge on any atom is 0.0541 e. The Morgan fingerprint density at radius 2 is 0.676 bits per heavy atom. The molecule has 0 bridgehead atoms.